The first kappa shape index (κ1) is 25.7. The van der Waals surface area contributed by atoms with Gasteiger partial charge in [-0.2, -0.15) is 5.10 Å². The summed E-state index contributed by atoms with van der Waals surface area (Å²) in [7, 11) is 1.66. The van der Waals surface area contributed by atoms with Crippen molar-refractivity contribution >= 4 is 40.4 Å². The molecule has 3 N–H and O–H groups in total. The number of nitrogens with zero attached hydrogens (tertiary/aromatic N) is 5. The third-order valence-electron chi connectivity index (χ3n) is 6.22. The van der Waals surface area contributed by atoms with E-state index in [1.807, 2.05) is 19.1 Å². The van der Waals surface area contributed by atoms with E-state index in [-0.39, 0.29) is 31.7 Å². The number of allylic oxidation sites excluding steroid dienone is 2. The number of pyridine rings is 1. The maximum atomic E-state index is 14.3. The number of rotatable bonds is 8. The van der Waals surface area contributed by atoms with Gasteiger partial charge in [0.25, 0.3) is 5.91 Å². The second-order valence-electron chi connectivity index (χ2n) is 8.67. The first-order valence-electron chi connectivity index (χ1n) is 11.8. The molecule has 0 aliphatic carbocycles. The number of hydrogen-bond acceptors (Lipinski definition) is 6. The van der Waals surface area contributed by atoms with Gasteiger partial charge < -0.3 is 16.0 Å². The average molecular weight is 506 g/mol. The molecule has 1 aromatic carbocycles. The predicted molar refractivity (Wildman–Crippen MR) is 137 cm³/mol. The van der Waals surface area contributed by atoms with E-state index in [4.69, 9.17) is 5.73 Å². The van der Waals surface area contributed by atoms with Crippen molar-refractivity contribution in [1.29, 1.82) is 0 Å². The number of aromatic nitrogens is 3. The quantitative estimate of drug-likeness (QED) is 0.451. The lowest BCUT2D eigenvalue weighted by molar-refractivity contribution is -0.139. The molecule has 0 unspecified atom stereocenters. The minimum Gasteiger partial charge on any atom is -0.364 e. The van der Waals surface area contributed by atoms with Crippen molar-refractivity contribution in [3.63, 3.8) is 0 Å². The molecule has 11 heteroatoms. The lowest BCUT2D eigenvalue weighted by Crippen LogP contribution is -2.46. The number of alkyl halides is 1. The van der Waals surface area contributed by atoms with Crippen molar-refractivity contribution in [2.45, 2.75) is 38.6 Å². The summed E-state index contributed by atoms with van der Waals surface area (Å²) in [5.74, 6) is -1.69. The fraction of sp³-hybridized carbons (Fsp3) is 0.308. The number of benzene rings is 1. The van der Waals surface area contributed by atoms with Crippen LogP contribution in [0.3, 0.4) is 0 Å². The molecule has 37 heavy (non-hydrogen) atoms. The molecular formula is C26H28FN7O3. The van der Waals surface area contributed by atoms with Crippen molar-refractivity contribution in [2.75, 3.05) is 13.6 Å². The molecule has 0 bridgehead atoms. The van der Waals surface area contributed by atoms with Crippen LogP contribution in [-0.4, -0.2) is 69.4 Å². The van der Waals surface area contributed by atoms with Gasteiger partial charge >= 0.3 is 0 Å². The summed E-state index contributed by atoms with van der Waals surface area (Å²) in [6, 6.07) is 9.69. The van der Waals surface area contributed by atoms with E-state index in [2.05, 4.69) is 20.4 Å². The summed E-state index contributed by atoms with van der Waals surface area (Å²) in [6.45, 7) is 1.55. The molecule has 0 radical (unpaired) electrons. The molecule has 2 aromatic heterocycles. The highest BCUT2D eigenvalue weighted by molar-refractivity contribution is 6.12. The standard InChI is InChI=1S/C26H28FN7O3/c1-3-16(12-29-2)17-7-8-21-20(10-17)24(25(28)36)32-34(21)15-23(35)33-14-18(27)11-22(33)26(37)31-13-19-6-4-5-9-30-19/h3-10,12,18,22H,11,13-15H2,1-2H3,(H2,28,36)(H,31,37)/b16-3+,29-12?/t18-,22+/m1/s1. The average Bonchev–Trinajstić information content (AvgIpc) is 3.47. The zero-order valence-electron chi connectivity index (χ0n) is 20.6. The number of fused-ring (bicyclic) bond motifs is 1. The largest absolute Gasteiger partial charge is 0.364 e. The lowest BCUT2D eigenvalue weighted by atomic mass is 10.0. The Morgan fingerprint density at radius 3 is 2.76 bits per heavy atom. The van der Waals surface area contributed by atoms with Crippen molar-refractivity contribution < 1.29 is 18.8 Å². The lowest BCUT2D eigenvalue weighted by Gasteiger charge is -2.23. The van der Waals surface area contributed by atoms with E-state index in [1.54, 1.807) is 49.8 Å². The number of amides is 3. The number of hydrogen-bond donors (Lipinski definition) is 2. The topological polar surface area (TPSA) is 136 Å². The molecule has 3 amide bonds. The number of nitrogens with two attached hydrogens (primary N) is 1. The number of carbonyl (C=O) groups is 3. The first-order chi connectivity index (χ1) is 17.8. The molecule has 10 nitrogen and oxygen atoms in total. The van der Waals surface area contributed by atoms with Gasteiger partial charge in [0.15, 0.2) is 5.69 Å². The number of aliphatic imine (C=N–C) groups is 1. The number of carbonyl (C=O) groups excluding carboxylic acids is 3. The van der Waals surface area contributed by atoms with Gasteiger partial charge in [-0.3, -0.25) is 29.0 Å². The van der Waals surface area contributed by atoms with Gasteiger partial charge in [-0.25, -0.2) is 4.39 Å². The molecule has 1 aliphatic rings. The second kappa shape index (κ2) is 11.1. The van der Waals surface area contributed by atoms with Crippen molar-refractivity contribution in [3.05, 3.63) is 65.6 Å². The minimum atomic E-state index is -1.33. The summed E-state index contributed by atoms with van der Waals surface area (Å²) in [6.07, 6.45) is 3.76. The molecule has 1 fully saturated rings. The Hall–Kier alpha value is -4.41. The van der Waals surface area contributed by atoms with E-state index >= 15 is 0 Å². The highest BCUT2D eigenvalue weighted by Gasteiger charge is 2.40. The van der Waals surface area contributed by atoms with E-state index in [1.165, 1.54) is 9.58 Å². The van der Waals surface area contributed by atoms with Crippen LogP contribution in [0.2, 0.25) is 0 Å². The molecule has 1 saturated heterocycles. The number of likely N-dealkylation sites (tertiary alicyclic amines) is 1. The van der Waals surface area contributed by atoms with Gasteiger partial charge in [0, 0.05) is 31.3 Å². The monoisotopic (exact) mass is 505 g/mol. The highest BCUT2D eigenvalue weighted by atomic mass is 19.1. The summed E-state index contributed by atoms with van der Waals surface area (Å²) in [5.41, 5.74) is 8.39. The van der Waals surface area contributed by atoms with E-state index in [0.29, 0.717) is 16.6 Å². The molecule has 1 aliphatic heterocycles. The second-order valence-corrected chi connectivity index (χ2v) is 8.67. The zero-order valence-corrected chi connectivity index (χ0v) is 20.6. The van der Waals surface area contributed by atoms with Crippen LogP contribution >= 0.6 is 0 Å². The van der Waals surface area contributed by atoms with Crippen molar-refractivity contribution in [1.82, 2.24) is 25.0 Å². The van der Waals surface area contributed by atoms with E-state index in [0.717, 1.165) is 11.1 Å². The molecule has 0 spiro atoms. The fourth-order valence-corrected chi connectivity index (χ4v) is 4.44. The van der Waals surface area contributed by atoms with Crippen LogP contribution in [0.15, 0.2) is 53.7 Å². The molecule has 192 valence electrons. The number of halogens is 1. The van der Waals surface area contributed by atoms with Crippen molar-refractivity contribution in [3.8, 4) is 0 Å². The van der Waals surface area contributed by atoms with Crippen LogP contribution in [-0.2, 0) is 22.7 Å². The van der Waals surface area contributed by atoms with Crippen LogP contribution < -0.4 is 11.1 Å². The van der Waals surface area contributed by atoms with Crippen LogP contribution in [0.5, 0.6) is 0 Å². The summed E-state index contributed by atoms with van der Waals surface area (Å²) in [5, 5.41) is 7.49. The van der Waals surface area contributed by atoms with Gasteiger partial charge in [-0.15, -0.1) is 0 Å². The van der Waals surface area contributed by atoms with Crippen LogP contribution in [0.4, 0.5) is 4.39 Å². The van der Waals surface area contributed by atoms with Crippen LogP contribution in [0.1, 0.15) is 35.1 Å². The third-order valence-corrected chi connectivity index (χ3v) is 6.22. The Balaban J connectivity index is 1.56. The van der Waals surface area contributed by atoms with Gasteiger partial charge in [0.2, 0.25) is 11.8 Å². The molecular weight excluding hydrogens is 477 g/mol. The number of nitrogens with one attached hydrogen (secondary N) is 1. The Kier molecular flexibility index (Phi) is 7.71. The van der Waals surface area contributed by atoms with Crippen LogP contribution in [0.25, 0.3) is 16.5 Å². The summed E-state index contributed by atoms with van der Waals surface area (Å²) < 4.78 is 15.7. The Morgan fingerprint density at radius 2 is 2.08 bits per heavy atom. The van der Waals surface area contributed by atoms with E-state index in [9.17, 15) is 18.8 Å². The maximum Gasteiger partial charge on any atom is 0.269 e. The fourth-order valence-electron chi connectivity index (χ4n) is 4.44. The third kappa shape index (κ3) is 5.55. The summed E-state index contributed by atoms with van der Waals surface area (Å²) in [4.78, 5) is 47.6. The Bertz CT molecular complexity index is 1380. The molecule has 3 aromatic rings. The SMILES string of the molecule is C/C=C(\C=NC)c1ccc2c(c1)c(C(N)=O)nn2CC(=O)N1C[C@H](F)C[C@H]1C(=O)NCc1ccccn1. The van der Waals surface area contributed by atoms with E-state index < -0.39 is 29.9 Å². The van der Waals surface area contributed by atoms with Gasteiger partial charge in [-0.1, -0.05) is 18.2 Å². The van der Waals surface area contributed by atoms with Gasteiger partial charge in [-0.05, 0) is 42.3 Å². The Labute approximate surface area is 213 Å². The zero-order chi connectivity index (χ0) is 26.5. The summed E-state index contributed by atoms with van der Waals surface area (Å²) >= 11 is 0. The number of primary amides is 1. The van der Waals surface area contributed by atoms with Crippen LogP contribution in [0, 0.1) is 0 Å². The minimum absolute atomic E-state index is 0.0167. The molecule has 0 saturated carbocycles. The normalized spacial score (nSPS) is 18.0. The molecule has 4 rings (SSSR count). The maximum absolute atomic E-state index is 14.3. The highest BCUT2D eigenvalue weighted by Crippen LogP contribution is 2.25. The first-order valence-corrected chi connectivity index (χ1v) is 11.8. The molecule has 2 atom stereocenters. The smallest absolute Gasteiger partial charge is 0.269 e. The van der Waals surface area contributed by atoms with Gasteiger partial charge in [0.1, 0.15) is 18.8 Å². The Morgan fingerprint density at radius 1 is 1.27 bits per heavy atom. The predicted octanol–water partition coefficient (Wildman–Crippen LogP) is 1.89. The molecule has 3 heterocycles. The van der Waals surface area contributed by atoms with Gasteiger partial charge in [0.05, 0.1) is 24.3 Å². The van der Waals surface area contributed by atoms with Crippen molar-refractivity contribution in [2.24, 2.45) is 10.7 Å².